The molecule has 1 aliphatic heterocycles. The molecule has 1 heterocycles. The van der Waals surface area contributed by atoms with Gasteiger partial charge in [-0.1, -0.05) is 38.5 Å². The van der Waals surface area contributed by atoms with Crippen molar-refractivity contribution in [1.82, 2.24) is 5.32 Å². The van der Waals surface area contributed by atoms with E-state index in [4.69, 9.17) is 4.99 Å². The van der Waals surface area contributed by atoms with Crippen molar-refractivity contribution in [2.45, 2.75) is 52.0 Å². The molecule has 1 saturated heterocycles. The normalized spacial score (nSPS) is 41.8. The highest BCUT2D eigenvalue weighted by atomic mass is 32.2. The number of hydrogen-bond donors (Lipinski definition) is 1. The lowest BCUT2D eigenvalue weighted by molar-refractivity contribution is 0.311. The van der Waals surface area contributed by atoms with Crippen LogP contribution in [0.2, 0.25) is 0 Å². The fraction of sp³-hybridized carbons (Fsp3) is 0.929. The predicted octanol–water partition coefficient (Wildman–Crippen LogP) is 3.28. The summed E-state index contributed by atoms with van der Waals surface area (Å²) in [6.07, 6.45) is 6.99. The highest BCUT2D eigenvalue weighted by Gasteiger charge is 2.45. The molecule has 17 heavy (non-hydrogen) atoms. The third-order valence-corrected chi connectivity index (χ3v) is 5.94. The van der Waals surface area contributed by atoms with Crippen molar-refractivity contribution >= 4 is 16.9 Å². The second-order valence-corrected chi connectivity index (χ2v) is 7.65. The smallest absolute Gasteiger partial charge is 0.156 e. The maximum absolute atomic E-state index is 4.80. The molecule has 0 aromatic heterocycles. The Morgan fingerprint density at radius 1 is 1.35 bits per heavy atom. The second kappa shape index (κ2) is 4.49. The van der Waals surface area contributed by atoms with Crippen LogP contribution in [-0.4, -0.2) is 23.5 Å². The predicted molar refractivity (Wildman–Crippen MR) is 75.5 cm³/mol. The Bertz CT molecular complexity index is 324. The quantitative estimate of drug-likeness (QED) is 0.815. The molecular weight excluding hydrogens is 228 g/mol. The minimum Gasteiger partial charge on any atom is -0.362 e. The van der Waals surface area contributed by atoms with Crippen molar-refractivity contribution < 1.29 is 0 Å². The highest BCUT2D eigenvalue weighted by Crippen LogP contribution is 2.51. The summed E-state index contributed by atoms with van der Waals surface area (Å²) in [4.78, 5) is 4.80. The summed E-state index contributed by atoms with van der Waals surface area (Å²) in [5, 5.41) is 4.91. The Kier molecular flexibility index (Phi) is 3.14. The number of rotatable bonds is 2. The first kappa shape index (κ1) is 11.9. The van der Waals surface area contributed by atoms with Gasteiger partial charge in [0.25, 0.3) is 0 Å². The summed E-state index contributed by atoms with van der Waals surface area (Å²) >= 11 is 1.96. The first-order valence-corrected chi connectivity index (χ1v) is 8.07. The third kappa shape index (κ3) is 2.64. The van der Waals surface area contributed by atoms with Gasteiger partial charge in [-0.25, -0.2) is 0 Å². The van der Waals surface area contributed by atoms with Gasteiger partial charge in [0, 0.05) is 18.3 Å². The number of thioether (sulfide) groups is 1. The molecule has 2 saturated carbocycles. The van der Waals surface area contributed by atoms with Crippen LogP contribution >= 0.6 is 11.8 Å². The average Bonchev–Trinajstić information content (AvgIpc) is 2.94. The van der Waals surface area contributed by atoms with Gasteiger partial charge in [0.05, 0.1) is 0 Å². The zero-order chi connectivity index (χ0) is 11.9. The summed E-state index contributed by atoms with van der Waals surface area (Å²) in [6.45, 7) is 5.76. The van der Waals surface area contributed by atoms with Gasteiger partial charge in [-0.05, 0) is 36.5 Å². The monoisotopic (exact) mass is 252 g/mol. The maximum atomic E-state index is 4.80. The van der Waals surface area contributed by atoms with Gasteiger partial charge < -0.3 is 5.32 Å². The number of fused-ring (bicyclic) bond motifs is 1. The van der Waals surface area contributed by atoms with E-state index < -0.39 is 0 Å². The molecule has 3 rings (SSSR count). The van der Waals surface area contributed by atoms with E-state index in [-0.39, 0.29) is 0 Å². The van der Waals surface area contributed by atoms with Crippen LogP contribution in [0.15, 0.2) is 4.99 Å². The average molecular weight is 252 g/mol. The van der Waals surface area contributed by atoms with Gasteiger partial charge in [-0.3, -0.25) is 4.99 Å². The van der Waals surface area contributed by atoms with E-state index in [0.29, 0.717) is 5.41 Å². The van der Waals surface area contributed by atoms with E-state index >= 15 is 0 Å². The summed E-state index contributed by atoms with van der Waals surface area (Å²) in [6, 6.07) is 0.732. The number of nitrogens with one attached hydrogen (secondary N) is 1. The molecule has 96 valence electrons. The van der Waals surface area contributed by atoms with Crippen LogP contribution in [0, 0.1) is 17.3 Å². The molecule has 3 unspecified atom stereocenters. The molecule has 0 bridgehead atoms. The van der Waals surface area contributed by atoms with E-state index in [1.54, 1.807) is 0 Å². The van der Waals surface area contributed by atoms with Crippen LogP contribution in [0.4, 0.5) is 0 Å². The summed E-state index contributed by atoms with van der Waals surface area (Å²) in [7, 11) is 0. The molecule has 0 amide bonds. The van der Waals surface area contributed by atoms with Crippen molar-refractivity contribution in [3.63, 3.8) is 0 Å². The van der Waals surface area contributed by atoms with Gasteiger partial charge in [0.2, 0.25) is 0 Å². The Balaban J connectivity index is 1.53. The first-order chi connectivity index (χ1) is 8.15. The molecule has 3 atom stereocenters. The van der Waals surface area contributed by atoms with Gasteiger partial charge in [-0.2, -0.15) is 0 Å². The van der Waals surface area contributed by atoms with E-state index in [1.807, 2.05) is 11.8 Å². The van der Waals surface area contributed by atoms with Gasteiger partial charge in [0.1, 0.15) is 0 Å². The van der Waals surface area contributed by atoms with Gasteiger partial charge >= 0.3 is 0 Å². The van der Waals surface area contributed by atoms with Crippen LogP contribution < -0.4 is 5.32 Å². The zero-order valence-electron chi connectivity index (χ0n) is 11.0. The topological polar surface area (TPSA) is 24.4 Å². The number of amidine groups is 1. The molecule has 3 fully saturated rings. The molecule has 0 aromatic carbocycles. The Hall–Kier alpha value is -0.180. The molecular formula is C14H24N2S. The Labute approximate surface area is 109 Å². The fourth-order valence-electron chi connectivity index (χ4n) is 3.16. The van der Waals surface area contributed by atoms with Crippen LogP contribution in [0.1, 0.15) is 46.0 Å². The SMILES string of the molecule is CC1(C)CC1CN=C1NC2CCCCC2CS1. The highest BCUT2D eigenvalue weighted by molar-refractivity contribution is 8.13. The summed E-state index contributed by atoms with van der Waals surface area (Å²) in [5.74, 6) is 3.04. The van der Waals surface area contributed by atoms with E-state index in [1.165, 1.54) is 43.0 Å². The zero-order valence-corrected chi connectivity index (χ0v) is 11.9. The first-order valence-electron chi connectivity index (χ1n) is 7.09. The van der Waals surface area contributed by atoms with Crippen LogP contribution in [0.3, 0.4) is 0 Å². The van der Waals surface area contributed by atoms with E-state index in [2.05, 4.69) is 19.2 Å². The maximum Gasteiger partial charge on any atom is 0.156 e. The van der Waals surface area contributed by atoms with Crippen molar-refractivity contribution in [2.75, 3.05) is 12.3 Å². The molecule has 0 spiro atoms. The fourth-order valence-corrected chi connectivity index (χ4v) is 4.33. The largest absolute Gasteiger partial charge is 0.362 e. The molecule has 3 aliphatic rings. The van der Waals surface area contributed by atoms with Crippen molar-refractivity contribution in [3.8, 4) is 0 Å². The van der Waals surface area contributed by atoms with Crippen LogP contribution in [-0.2, 0) is 0 Å². The Morgan fingerprint density at radius 2 is 2.12 bits per heavy atom. The molecule has 2 aliphatic carbocycles. The summed E-state index contributed by atoms with van der Waals surface area (Å²) < 4.78 is 0. The number of nitrogens with zero attached hydrogens (tertiary/aromatic N) is 1. The van der Waals surface area contributed by atoms with Crippen LogP contribution in [0.25, 0.3) is 0 Å². The Morgan fingerprint density at radius 3 is 2.88 bits per heavy atom. The molecule has 2 nitrogen and oxygen atoms in total. The second-order valence-electron chi connectivity index (χ2n) is 6.64. The van der Waals surface area contributed by atoms with Crippen molar-refractivity contribution in [1.29, 1.82) is 0 Å². The lowest BCUT2D eigenvalue weighted by atomic mass is 9.86. The van der Waals surface area contributed by atoms with E-state index in [9.17, 15) is 0 Å². The number of aliphatic imine (C=N–C) groups is 1. The molecule has 0 aromatic rings. The lowest BCUT2D eigenvalue weighted by Gasteiger charge is -2.36. The van der Waals surface area contributed by atoms with Crippen molar-refractivity contribution in [3.05, 3.63) is 0 Å². The lowest BCUT2D eigenvalue weighted by Crippen LogP contribution is -2.46. The minimum absolute atomic E-state index is 0.566. The number of hydrogen-bond acceptors (Lipinski definition) is 2. The summed E-state index contributed by atoms with van der Waals surface area (Å²) in [5.41, 5.74) is 0.566. The minimum atomic E-state index is 0.566. The molecule has 0 radical (unpaired) electrons. The molecule has 3 heteroatoms. The van der Waals surface area contributed by atoms with Crippen molar-refractivity contribution in [2.24, 2.45) is 22.2 Å². The van der Waals surface area contributed by atoms with E-state index in [0.717, 1.165) is 24.4 Å². The third-order valence-electron chi connectivity index (χ3n) is 4.82. The van der Waals surface area contributed by atoms with Gasteiger partial charge in [0.15, 0.2) is 5.17 Å². The standard InChI is InChI=1S/C14H24N2S/c1-14(2)7-11(14)8-15-13-16-12-6-4-3-5-10(12)9-17-13/h10-12H,3-9H2,1-2H3,(H,15,16). The van der Waals surface area contributed by atoms with Gasteiger partial charge in [-0.15, -0.1) is 0 Å². The molecule has 1 N–H and O–H groups in total. The van der Waals surface area contributed by atoms with Crippen LogP contribution in [0.5, 0.6) is 0 Å².